The molecule has 0 spiro atoms. The Labute approximate surface area is 126 Å². The van der Waals surface area contributed by atoms with Gasteiger partial charge in [0.05, 0.1) is 12.7 Å². The molecule has 1 aromatic carbocycles. The van der Waals surface area contributed by atoms with Crippen LogP contribution < -0.4 is 10.1 Å². The minimum Gasteiger partial charge on any atom is -0.494 e. The lowest BCUT2D eigenvalue weighted by atomic mass is 9.94. The maximum atomic E-state index is 13.7. The van der Waals surface area contributed by atoms with Gasteiger partial charge in [0.25, 0.3) is 0 Å². The minimum atomic E-state index is -0.615. The van der Waals surface area contributed by atoms with Gasteiger partial charge in [0.2, 0.25) is 0 Å². The van der Waals surface area contributed by atoms with Gasteiger partial charge in [-0.25, -0.2) is 4.39 Å². The fraction of sp³-hybridized carbons (Fsp3) is 0.647. The van der Waals surface area contributed by atoms with Gasteiger partial charge in [-0.3, -0.25) is 0 Å². The zero-order chi connectivity index (χ0) is 15.3. The first kappa shape index (κ1) is 16.2. The van der Waals surface area contributed by atoms with Gasteiger partial charge in [0.1, 0.15) is 0 Å². The molecule has 118 valence electrons. The van der Waals surface area contributed by atoms with Crippen molar-refractivity contribution in [1.82, 2.24) is 5.32 Å². The van der Waals surface area contributed by atoms with E-state index in [1.165, 1.54) is 26.0 Å². The normalized spacial score (nSPS) is 19.8. The van der Waals surface area contributed by atoms with Crippen LogP contribution in [0.5, 0.6) is 5.75 Å². The van der Waals surface area contributed by atoms with Crippen LogP contribution in [0.15, 0.2) is 18.2 Å². The summed E-state index contributed by atoms with van der Waals surface area (Å²) in [5.41, 5.74) is 0.251. The number of nitrogens with one attached hydrogen (secondary N) is 1. The first-order valence-electron chi connectivity index (χ1n) is 7.83. The molecule has 4 heteroatoms. The predicted octanol–water partition coefficient (Wildman–Crippen LogP) is 3.57. The van der Waals surface area contributed by atoms with Crippen molar-refractivity contribution >= 4 is 0 Å². The molecule has 1 aliphatic carbocycles. The van der Waals surface area contributed by atoms with Crippen molar-refractivity contribution in [3.63, 3.8) is 0 Å². The highest BCUT2D eigenvalue weighted by Gasteiger charge is 2.28. The SMILES string of the molecule is COc1ccc(C(C)NCC2(O)CCCCCC2)cc1F. The summed E-state index contributed by atoms with van der Waals surface area (Å²) in [5.74, 6) is -0.0924. The number of benzene rings is 1. The van der Waals surface area contributed by atoms with E-state index in [4.69, 9.17) is 4.74 Å². The Morgan fingerprint density at radius 3 is 2.52 bits per heavy atom. The molecule has 0 bridgehead atoms. The van der Waals surface area contributed by atoms with Crippen molar-refractivity contribution in [2.24, 2.45) is 0 Å². The summed E-state index contributed by atoms with van der Waals surface area (Å²) in [6, 6.07) is 4.99. The van der Waals surface area contributed by atoms with E-state index >= 15 is 0 Å². The van der Waals surface area contributed by atoms with Crippen molar-refractivity contribution in [2.75, 3.05) is 13.7 Å². The van der Waals surface area contributed by atoms with Crippen LogP contribution in [0.25, 0.3) is 0 Å². The summed E-state index contributed by atoms with van der Waals surface area (Å²) in [5, 5.41) is 14.0. The van der Waals surface area contributed by atoms with Crippen LogP contribution >= 0.6 is 0 Å². The van der Waals surface area contributed by atoms with Crippen LogP contribution in [0, 0.1) is 5.82 Å². The maximum absolute atomic E-state index is 13.7. The fourth-order valence-corrected chi connectivity index (χ4v) is 2.98. The third-order valence-electron chi connectivity index (χ3n) is 4.45. The highest BCUT2D eigenvalue weighted by molar-refractivity contribution is 5.30. The topological polar surface area (TPSA) is 41.5 Å². The average molecular weight is 295 g/mol. The number of methoxy groups -OCH3 is 1. The molecule has 1 aromatic rings. The second kappa shape index (κ2) is 7.23. The molecular weight excluding hydrogens is 269 g/mol. The van der Waals surface area contributed by atoms with Crippen molar-refractivity contribution in [1.29, 1.82) is 0 Å². The van der Waals surface area contributed by atoms with E-state index in [9.17, 15) is 9.50 Å². The van der Waals surface area contributed by atoms with E-state index in [1.807, 2.05) is 13.0 Å². The zero-order valence-corrected chi connectivity index (χ0v) is 13.0. The summed E-state index contributed by atoms with van der Waals surface area (Å²) in [6.07, 6.45) is 6.30. The van der Waals surface area contributed by atoms with Crippen LogP contribution in [0.3, 0.4) is 0 Å². The number of halogens is 1. The standard InChI is InChI=1S/C17H26FNO2/c1-13(14-7-8-16(21-2)15(18)11-14)19-12-17(20)9-5-3-4-6-10-17/h7-8,11,13,19-20H,3-6,9-10,12H2,1-2H3. The lowest BCUT2D eigenvalue weighted by Crippen LogP contribution is -2.41. The predicted molar refractivity (Wildman–Crippen MR) is 82.0 cm³/mol. The summed E-state index contributed by atoms with van der Waals surface area (Å²) >= 11 is 0. The number of aliphatic hydroxyl groups is 1. The van der Waals surface area contributed by atoms with E-state index in [1.54, 1.807) is 6.07 Å². The first-order chi connectivity index (χ1) is 10.0. The first-order valence-corrected chi connectivity index (χ1v) is 7.83. The lowest BCUT2D eigenvalue weighted by molar-refractivity contribution is 0.0231. The number of rotatable bonds is 5. The third kappa shape index (κ3) is 4.42. The molecule has 1 aliphatic rings. The van der Waals surface area contributed by atoms with Crippen LogP contribution in [-0.2, 0) is 0 Å². The monoisotopic (exact) mass is 295 g/mol. The number of hydrogen-bond donors (Lipinski definition) is 2. The largest absolute Gasteiger partial charge is 0.494 e. The summed E-state index contributed by atoms with van der Waals surface area (Å²) in [7, 11) is 1.46. The molecule has 21 heavy (non-hydrogen) atoms. The van der Waals surface area contributed by atoms with Crippen LogP contribution in [-0.4, -0.2) is 24.4 Å². The smallest absolute Gasteiger partial charge is 0.165 e. The Hall–Kier alpha value is -1.13. The second-order valence-corrected chi connectivity index (χ2v) is 6.14. The molecule has 1 saturated carbocycles. The molecule has 1 unspecified atom stereocenters. The fourth-order valence-electron chi connectivity index (χ4n) is 2.98. The second-order valence-electron chi connectivity index (χ2n) is 6.14. The Balaban J connectivity index is 1.94. The summed E-state index contributed by atoms with van der Waals surface area (Å²) in [4.78, 5) is 0. The van der Waals surface area contributed by atoms with E-state index in [2.05, 4.69) is 5.32 Å². The summed E-state index contributed by atoms with van der Waals surface area (Å²) in [6.45, 7) is 2.54. The minimum absolute atomic E-state index is 0.00214. The number of ether oxygens (including phenoxy) is 1. The zero-order valence-electron chi connectivity index (χ0n) is 13.0. The third-order valence-corrected chi connectivity index (χ3v) is 4.45. The molecule has 0 amide bonds. The molecule has 0 aliphatic heterocycles. The van der Waals surface area contributed by atoms with E-state index < -0.39 is 5.60 Å². The van der Waals surface area contributed by atoms with E-state index in [-0.39, 0.29) is 17.6 Å². The van der Waals surface area contributed by atoms with Gasteiger partial charge in [0, 0.05) is 12.6 Å². The molecular formula is C17H26FNO2. The molecule has 1 fully saturated rings. The molecule has 3 nitrogen and oxygen atoms in total. The highest BCUT2D eigenvalue weighted by atomic mass is 19.1. The molecule has 1 atom stereocenters. The molecule has 2 N–H and O–H groups in total. The van der Waals surface area contributed by atoms with Gasteiger partial charge >= 0.3 is 0 Å². The van der Waals surface area contributed by atoms with Crippen LogP contribution in [0.2, 0.25) is 0 Å². The van der Waals surface area contributed by atoms with Gasteiger partial charge in [-0.15, -0.1) is 0 Å². The van der Waals surface area contributed by atoms with Crippen LogP contribution in [0.1, 0.15) is 57.1 Å². The molecule has 0 heterocycles. The molecule has 0 aromatic heterocycles. The molecule has 0 radical (unpaired) electrons. The van der Waals surface area contributed by atoms with Crippen molar-refractivity contribution < 1.29 is 14.2 Å². The quantitative estimate of drug-likeness (QED) is 0.816. The van der Waals surface area contributed by atoms with Crippen molar-refractivity contribution in [2.45, 2.75) is 57.1 Å². The maximum Gasteiger partial charge on any atom is 0.165 e. The van der Waals surface area contributed by atoms with Gasteiger partial charge in [-0.2, -0.15) is 0 Å². The highest BCUT2D eigenvalue weighted by Crippen LogP contribution is 2.27. The van der Waals surface area contributed by atoms with Crippen molar-refractivity contribution in [3.05, 3.63) is 29.6 Å². The van der Waals surface area contributed by atoms with Crippen molar-refractivity contribution in [3.8, 4) is 5.75 Å². The van der Waals surface area contributed by atoms with Gasteiger partial charge in [-0.05, 0) is 37.5 Å². The van der Waals surface area contributed by atoms with E-state index in [0.29, 0.717) is 6.54 Å². The molecule has 0 saturated heterocycles. The lowest BCUT2D eigenvalue weighted by Gasteiger charge is -2.29. The Bertz CT molecular complexity index is 456. The van der Waals surface area contributed by atoms with E-state index in [0.717, 1.165) is 31.2 Å². The molecule has 2 rings (SSSR count). The summed E-state index contributed by atoms with van der Waals surface area (Å²) < 4.78 is 18.7. The number of hydrogen-bond acceptors (Lipinski definition) is 3. The van der Waals surface area contributed by atoms with Gasteiger partial charge < -0.3 is 15.2 Å². The Kier molecular flexibility index (Phi) is 5.59. The Morgan fingerprint density at radius 1 is 1.29 bits per heavy atom. The average Bonchev–Trinajstić information content (AvgIpc) is 2.70. The van der Waals surface area contributed by atoms with Crippen LogP contribution in [0.4, 0.5) is 4.39 Å². The van der Waals surface area contributed by atoms with Gasteiger partial charge in [0.15, 0.2) is 11.6 Å². The van der Waals surface area contributed by atoms with Gasteiger partial charge in [-0.1, -0.05) is 31.7 Å². The Morgan fingerprint density at radius 2 is 1.95 bits per heavy atom.